The van der Waals surface area contributed by atoms with Crippen LogP contribution in [0.3, 0.4) is 0 Å². The molecule has 0 aliphatic rings. The molecule has 0 saturated carbocycles. The van der Waals surface area contributed by atoms with Gasteiger partial charge in [0.25, 0.3) is 0 Å². The minimum Gasteiger partial charge on any atom is -0.323 e. The topological polar surface area (TPSA) is 0 Å². The van der Waals surface area contributed by atoms with E-state index in [0.29, 0.717) is 0 Å². The van der Waals surface area contributed by atoms with Crippen molar-refractivity contribution in [3.05, 3.63) is 12.7 Å². The van der Waals surface area contributed by atoms with Crippen LogP contribution in [0.4, 0.5) is 0 Å². The molecule has 1 nitrogen and oxygen atoms in total. The molecule has 0 amide bonds. The van der Waals surface area contributed by atoms with Gasteiger partial charge >= 0.3 is 0 Å². The molecule has 0 aromatic heterocycles. The summed E-state index contributed by atoms with van der Waals surface area (Å²) in [5.74, 6) is 0. The molecule has 0 aromatic rings. The number of likely N-dealkylation sites (N-methyl/N-ethyl adjacent to an activating group) is 1. The smallest absolute Gasteiger partial charge is 0.0969 e. The number of quaternary nitrogens is 1. The van der Waals surface area contributed by atoms with E-state index in [0.717, 1.165) is 6.54 Å². The van der Waals surface area contributed by atoms with Crippen LogP contribution in [-0.4, -0.2) is 31.2 Å². The monoisotopic (exact) mass is 282 g/mol. The molecule has 0 fully saturated rings. The van der Waals surface area contributed by atoms with Crippen molar-refractivity contribution >= 4 is 0 Å². The fourth-order valence-corrected chi connectivity index (χ4v) is 3.13. The van der Waals surface area contributed by atoms with Crippen molar-refractivity contribution in [2.45, 2.75) is 84.5 Å². The van der Waals surface area contributed by atoms with E-state index < -0.39 is 0 Å². The van der Waals surface area contributed by atoms with Gasteiger partial charge in [-0.15, -0.1) is 0 Å². The summed E-state index contributed by atoms with van der Waals surface area (Å²) >= 11 is 0. The van der Waals surface area contributed by atoms with Crippen molar-refractivity contribution in [3.63, 3.8) is 0 Å². The molecule has 0 bridgehead atoms. The van der Waals surface area contributed by atoms with Gasteiger partial charge in [0.15, 0.2) is 0 Å². The van der Waals surface area contributed by atoms with Crippen LogP contribution in [0.5, 0.6) is 0 Å². The van der Waals surface area contributed by atoms with Crippen molar-refractivity contribution in [3.8, 4) is 0 Å². The van der Waals surface area contributed by atoms with Gasteiger partial charge in [-0.1, -0.05) is 71.8 Å². The Balaban J connectivity index is 3.43. The van der Waals surface area contributed by atoms with Crippen LogP contribution in [0.25, 0.3) is 0 Å². The average molecular weight is 283 g/mol. The first-order valence-electron chi connectivity index (χ1n) is 9.13. The number of hydrogen-bond donors (Lipinski definition) is 0. The second-order valence-corrected chi connectivity index (χ2v) is 6.72. The highest BCUT2D eigenvalue weighted by Gasteiger charge is 2.17. The molecule has 0 rings (SSSR count). The summed E-state index contributed by atoms with van der Waals surface area (Å²) in [6.45, 7) is 12.2. The van der Waals surface area contributed by atoms with E-state index in [9.17, 15) is 0 Å². The van der Waals surface area contributed by atoms with Gasteiger partial charge < -0.3 is 4.48 Å². The number of nitrogens with zero attached hydrogens (tertiary/aromatic N) is 1. The highest BCUT2D eigenvalue weighted by Crippen LogP contribution is 2.13. The molecule has 1 atom stereocenters. The maximum absolute atomic E-state index is 3.91. The van der Waals surface area contributed by atoms with E-state index in [1.807, 2.05) is 0 Å². The van der Waals surface area contributed by atoms with Crippen LogP contribution in [-0.2, 0) is 0 Å². The summed E-state index contributed by atoms with van der Waals surface area (Å²) in [6.07, 6.45) is 17.7. The highest BCUT2D eigenvalue weighted by atomic mass is 15.3. The van der Waals surface area contributed by atoms with E-state index in [-0.39, 0.29) is 0 Å². The van der Waals surface area contributed by atoms with E-state index in [1.165, 1.54) is 88.2 Å². The minimum atomic E-state index is 1.13. The van der Waals surface area contributed by atoms with E-state index in [2.05, 4.69) is 33.6 Å². The predicted octanol–water partition coefficient (Wildman–Crippen LogP) is 5.95. The van der Waals surface area contributed by atoms with Gasteiger partial charge in [0.1, 0.15) is 0 Å². The van der Waals surface area contributed by atoms with Crippen LogP contribution in [0.15, 0.2) is 12.7 Å². The Morgan fingerprint density at radius 3 is 1.65 bits per heavy atom. The third-order valence-corrected chi connectivity index (χ3v) is 4.38. The zero-order valence-electron chi connectivity index (χ0n) is 14.6. The molecular weight excluding hydrogens is 242 g/mol. The first-order valence-corrected chi connectivity index (χ1v) is 9.13. The third kappa shape index (κ3) is 11.5. The van der Waals surface area contributed by atoms with Crippen LogP contribution in [0, 0.1) is 0 Å². The molecule has 0 spiro atoms. The maximum atomic E-state index is 3.91. The third-order valence-electron chi connectivity index (χ3n) is 4.38. The molecule has 0 aromatic carbocycles. The summed E-state index contributed by atoms with van der Waals surface area (Å²) in [5.41, 5.74) is 0. The summed E-state index contributed by atoms with van der Waals surface area (Å²) < 4.78 is 1.19. The lowest BCUT2D eigenvalue weighted by Gasteiger charge is -2.33. The molecule has 0 aliphatic heterocycles. The Kier molecular flexibility index (Phi) is 13.5. The molecular formula is C19H40N+. The van der Waals surface area contributed by atoms with Gasteiger partial charge in [-0.05, 0) is 25.3 Å². The Morgan fingerprint density at radius 2 is 1.20 bits per heavy atom. The summed E-state index contributed by atoms with van der Waals surface area (Å²) in [4.78, 5) is 0. The second-order valence-electron chi connectivity index (χ2n) is 6.72. The average Bonchev–Trinajstić information content (AvgIpc) is 2.41. The Bertz CT molecular complexity index is 212. The molecule has 0 N–H and O–H groups in total. The van der Waals surface area contributed by atoms with Gasteiger partial charge in [0.05, 0.1) is 26.7 Å². The highest BCUT2D eigenvalue weighted by molar-refractivity contribution is 4.65. The zero-order valence-corrected chi connectivity index (χ0v) is 14.6. The van der Waals surface area contributed by atoms with Crippen molar-refractivity contribution in [2.24, 2.45) is 0 Å². The first-order chi connectivity index (χ1) is 9.68. The standard InChI is InChI=1S/C19H40N/c1-5-8-9-10-11-12-13-14-15-16-19-20(4,17-6-2)18-7-3/h6H,2,5,7-19H2,1,3-4H3/q+1. The van der Waals surface area contributed by atoms with Crippen LogP contribution < -0.4 is 0 Å². The molecule has 0 radical (unpaired) electrons. The fraction of sp³-hybridized carbons (Fsp3) is 0.895. The summed E-state index contributed by atoms with van der Waals surface area (Å²) in [5, 5.41) is 0. The predicted molar refractivity (Wildman–Crippen MR) is 93.1 cm³/mol. The summed E-state index contributed by atoms with van der Waals surface area (Å²) in [7, 11) is 2.39. The van der Waals surface area contributed by atoms with E-state index in [1.54, 1.807) is 0 Å². The van der Waals surface area contributed by atoms with Gasteiger partial charge in [-0.2, -0.15) is 0 Å². The van der Waals surface area contributed by atoms with Crippen molar-refractivity contribution in [2.75, 3.05) is 26.7 Å². The molecule has 120 valence electrons. The van der Waals surface area contributed by atoms with Crippen molar-refractivity contribution in [1.82, 2.24) is 0 Å². The lowest BCUT2D eigenvalue weighted by atomic mass is 10.1. The van der Waals surface area contributed by atoms with Crippen LogP contribution in [0.1, 0.15) is 84.5 Å². The van der Waals surface area contributed by atoms with Crippen molar-refractivity contribution < 1.29 is 4.48 Å². The quantitative estimate of drug-likeness (QED) is 0.198. The molecule has 1 heteroatoms. The maximum Gasteiger partial charge on any atom is 0.0969 e. The normalized spacial score (nSPS) is 14.2. The molecule has 0 aliphatic carbocycles. The van der Waals surface area contributed by atoms with Crippen molar-refractivity contribution in [1.29, 1.82) is 0 Å². The molecule has 20 heavy (non-hydrogen) atoms. The van der Waals surface area contributed by atoms with E-state index in [4.69, 9.17) is 0 Å². The van der Waals surface area contributed by atoms with Crippen LogP contribution >= 0.6 is 0 Å². The zero-order chi connectivity index (χ0) is 15.1. The van der Waals surface area contributed by atoms with Gasteiger partial charge in [-0.25, -0.2) is 0 Å². The summed E-state index contributed by atoms with van der Waals surface area (Å²) in [6, 6.07) is 0. The number of unbranched alkanes of at least 4 members (excludes halogenated alkanes) is 9. The van der Waals surface area contributed by atoms with Crippen LogP contribution in [0.2, 0.25) is 0 Å². The lowest BCUT2D eigenvalue weighted by Crippen LogP contribution is -2.45. The number of hydrogen-bond acceptors (Lipinski definition) is 0. The fourth-order valence-electron chi connectivity index (χ4n) is 3.13. The molecule has 0 saturated heterocycles. The Labute approximate surface area is 129 Å². The number of rotatable bonds is 15. The lowest BCUT2D eigenvalue weighted by molar-refractivity contribution is -0.904. The first kappa shape index (κ1) is 19.7. The largest absolute Gasteiger partial charge is 0.323 e. The second kappa shape index (κ2) is 13.7. The minimum absolute atomic E-state index is 1.13. The Morgan fingerprint density at radius 1 is 0.700 bits per heavy atom. The molecule has 0 heterocycles. The van der Waals surface area contributed by atoms with Gasteiger partial charge in [0.2, 0.25) is 0 Å². The van der Waals surface area contributed by atoms with E-state index >= 15 is 0 Å². The Hall–Kier alpha value is -0.300. The molecule has 1 unspecified atom stereocenters. The van der Waals surface area contributed by atoms with Gasteiger partial charge in [-0.3, -0.25) is 0 Å². The SMILES string of the molecule is C=CC[N+](C)(CCC)CCCCCCCCCCCC. The van der Waals surface area contributed by atoms with Gasteiger partial charge in [0, 0.05) is 0 Å².